The van der Waals surface area contributed by atoms with Gasteiger partial charge in [-0.2, -0.15) is 0 Å². The Kier molecular flexibility index (Phi) is 3.81. The highest BCUT2D eigenvalue weighted by molar-refractivity contribution is 9.10. The number of nitrogens with zero attached hydrogens (tertiary/aromatic N) is 1. The van der Waals surface area contributed by atoms with Gasteiger partial charge in [0.2, 0.25) is 0 Å². The fourth-order valence-electron chi connectivity index (χ4n) is 2.54. The molecule has 0 fully saturated rings. The van der Waals surface area contributed by atoms with E-state index in [0.717, 1.165) is 9.99 Å². The van der Waals surface area contributed by atoms with Crippen molar-refractivity contribution < 1.29 is 0 Å². The molecule has 1 unspecified atom stereocenters. The lowest BCUT2D eigenvalue weighted by Crippen LogP contribution is -2.17. The van der Waals surface area contributed by atoms with Gasteiger partial charge in [0.25, 0.3) is 0 Å². The Morgan fingerprint density at radius 1 is 1.00 bits per heavy atom. The van der Waals surface area contributed by atoms with Crippen molar-refractivity contribution >= 4 is 26.8 Å². The molecule has 2 aromatic carbocycles. The Balaban J connectivity index is 2.14. The molecular weight excluding hydrogens is 312 g/mol. The van der Waals surface area contributed by atoms with Gasteiger partial charge >= 0.3 is 0 Å². The first-order valence-electron chi connectivity index (χ1n) is 6.56. The van der Waals surface area contributed by atoms with Crippen LogP contribution in [-0.2, 0) is 0 Å². The van der Waals surface area contributed by atoms with E-state index in [2.05, 4.69) is 68.7 Å². The summed E-state index contributed by atoms with van der Waals surface area (Å²) in [7, 11) is 1.99. The summed E-state index contributed by atoms with van der Waals surface area (Å²) in [5.41, 5.74) is 3.52. The summed E-state index contributed by atoms with van der Waals surface area (Å²) in [5, 5.41) is 4.60. The van der Waals surface area contributed by atoms with Crippen LogP contribution in [0, 0.1) is 0 Å². The number of fused-ring (bicyclic) bond motifs is 1. The number of rotatable bonds is 3. The van der Waals surface area contributed by atoms with E-state index in [1.54, 1.807) is 0 Å². The lowest BCUT2D eigenvalue weighted by atomic mass is 9.95. The highest BCUT2D eigenvalue weighted by Gasteiger charge is 2.14. The molecule has 0 saturated carbocycles. The number of nitrogens with one attached hydrogen (secondary N) is 1. The molecule has 0 aliphatic heterocycles. The third-order valence-corrected chi connectivity index (χ3v) is 4.01. The van der Waals surface area contributed by atoms with Gasteiger partial charge in [0.1, 0.15) is 0 Å². The van der Waals surface area contributed by atoms with Crippen molar-refractivity contribution in [1.29, 1.82) is 0 Å². The molecule has 0 bridgehead atoms. The Hall–Kier alpha value is -1.71. The van der Waals surface area contributed by atoms with E-state index in [9.17, 15) is 0 Å². The largest absolute Gasteiger partial charge is 0.309 e. The maximum Gasteiger partial charge on any atom is 0.0705 e. The third kappa shape index (κ3) is 2.47. The third-order valence-electron chi connectivity index (χ3n) is 3.48. The minimum absolute atomic E-state index is 0.163. The van der Waals surface area contributed by atoms with E-state index in [0.29, 0.717) is 0 Å². The molecule has 0 radical (unpaired) electrons. The highest BCUT2D eigenvalue weighted by atomic mass is 79.9. The smallest absolute Gasteiger partial charge is 0.0705 e. The van der Waals surface area contributed by atoms with Gasteiger partial charge in [-0.1, -0.05) is 46.3 Å². The molecule has 3 aromatic rings. The van der Waals surface area contributed by atoms with E-state index >= 15 is 0 Å². The molecule has 2 nitrogen and oxygen atoms in total. The van der Waals surface area contributed by atoms with Gasteiger partial charge in [-0.15, -0.1) is 0 Å². The number of hydrogen-bond donors (Lipinski definition) is 1. The van der Waals surface area contributed by atoms with Crippen molar-refractivity contribution in [1.82, 2.24) is 10.3 Å². The summed E-state index contributed by atoms with van der Waals surface area (Å²) in [6, 6.07) is 19.0. The first kappa shape index (κ1) is 13.3. The van der Waals surface area contributed by atoms with Crippen molar-refractivity contribution in [2.75, 3.05) is 7.05 Å². The summed E-state index contributed by atoms with van der Waals surface area (Å²) in [6.07, 6.45) is 1.83. The molecule has 1 aromatic heterocycles. The van der Waals surface area contributed by atoms with Gasteiger partial charge in [-0.25, -0.2) is 0 Å². The predicted molar refractivity (Wildman–Crippen MR) is 86.8 cm³/mol. The normalized spacial score (nSPS) is 12.5. The zero-order chi connectivity index (χ0) is 13.9. The molecule has 0 saturated heterocycles. The van der Waals surface area contributed by atoms with Crippen molar-refractivity contribution in [3.05, 3.63) is 76.4 Å². The summed E-state index contributed by atoms with van der Waals surface area (Å²) in [4.78, 5) is 4.43. The molecule has 100 valence electrons. The van der Waals surface area contributed by atoms with Crippen LogP contribution in [0.2, 0.25) is 0 Å². The lowest BCUT2D eigenvalue weighted by Gasteiger charge is -2.19. The van der Waals surface area contributed by atoms with Crippen LogP contribution in [0.25, 0.3) is 10.9 Å². The highest BCUT2D eigenvalue weighted by Crippen LogP contribution is 2.28. The molecule has 0 aliphatic carbocycles. The second-order valence-corrected chi connectivity index (χ2v) is 5.61. The molecule has 20 heavy (non-hydrogen) atoms. The maximum absolute atomic E-state index is 4.43. The number of halogens is 1. The standard InChI is InChI=1S/C17H15BrN2/c1-19-17(12-7-9-13(18)10-8-12)15-4-2-6-16-14(15)5-3-11-20-16/h2-11,17,19H,1H3. The number of hydrogen-bond acceptors (Lipinski definition) is 2. The van der Waals surface area contributed by atoms with Crippen LogP contribution in [0.4, 0.5) is 0 Å². The maximum atomic E-state index is 4.43. The van der Waals surface area contributed by atoms with Crippen LogP contribution in [-0.4, -0.2) is 12.0 Å². The molecule has 1 heterocycles. The fraction of sp³-hybridized carbons (Fsp3) is 0.118. The fourth-order valence-corrected chi connectivity index (χ4v) is 2.80. The van der Waals surface area contributed by atoms with E-state index in [1.165, 1.54) is 16.5 Å². The van der Waals surface area contributed by atoms with Crippen LogP contribution in [0.15, 0.2) is 65.3 Å². The topological polar surface area (TPSA) is 24.9 Å². The van der Waals surface area contributed by atoms with Crippen molar-refractivity contribution in [2.45, 2.75) is 6.04 Å². The van der Waals surface area contributed by atoms with Crippen LogP contribution >= 0.6 is 15.9 Å². The van der Waals surface area contributed by atoms with Crippen LogP contribution in [0.3, 0.4) is 0 Å². The molecule has 3 rings (SSSR count). The van der Waals surface area contributed by atoms with Gasteiger partial charge in [0.05, 0.1) is 11.6 Å². The summed E-state index contributed by atoms with van der Waals surface area (Å²) < 4.78 is 1.09. The van der Waals surface area contributed by atoms with E-state index in [4.69, 9.17) is 0 Å². The second kappa shape index (κ2) is 5.73. The summed E-state index contributed by atoms with van der Waals surface area (Å²) in [5.74, 6) is 0. The summed E-state index contributed by atoms with van der Waals surface area (Å²) >= 11 is 3.48. The van der Waals surface area contributed by atoms with Gasteiger partial charge in [0.15, 0.2) is 0 Å². The molecule has 0 amide bonds. The minimum atomic E-state index is 0.163. The van der Waals surface area contributed by atoms with Crippen LogP contribution in [0.1, 0.15) is 17.2 Å². The predicted octanol–water partition coefficient (Wildman–Crippen LogP) is 4.31. The Morgan fingerprint density at radius 2 is 1.80 bits per heavy atom. The van der Waals surface area contributed by atoms with Gasteiger partial charge in [-0.3, -0.25) is 4.98 Å². The molecule has 3 heteroatoms. The number of aromatic nitrogens is 1. The van der Waals surface area contributed by atoms with Crippen LogP contribution in [0.5, 0.6) is 0 Å². The second-order valence-electron chi connectivity index (χ2n) is 4.69. The Morgan fingerprint density at radius 3 is 2.55 bits per heavy atom. The SMILES string of the molecule is CNC(c1ccc(Br)cc1)c1cccc2ncccc12. The van der Waals surface area contributed by atoms with Crippen molar-refractivity contribution in [2.24, 2.45) is 0 Å². The quantitative estimate of drug-likeness (QED) is 0.775. The molecule has 0 spiro atoms. The van der Waals surface area contributed by atoms with Crippen molar-refractivity contribution in [3.63, 3.8) is 0 Å². The number of benzene rings is 2. The lowest BCUT2D eigenvalue weighted by molar-refractivity contribution is 0.696. The molecule has 1 N–H and O–H groups in total. The average Bonchev–Trinajstić information content (AvgIpc) is 2.50. The Labute approximate surface area is 127 Å². The zero-order valence-electron chi connectivity index (χ0n) is 11.2. The van der Waals surface area contributed by atoms with Gasteiger partial charge < -0.3 is 5.32 Å². The van der Waals surface area contributed by atoms with Gasteiger partial charge in [0, 0.05) is 16.1 Å². The Bertz CT molecular complexity index is 717. The van der Waals surface area contributed by atoms with E-state index < -0.39 is 0 Å². The minimum Gasteiger partial charge on any atom is -0.309 e. The molecule has 1 atom stereocenters. The first-order valence-corrected chi connectivity index (χ1v) is 7.35. The van der Waals surface area contributed by atoms with Crippen LogP contribution < -0.4 is 5.32 Å². The molecule has 0 aliphatic rings. The molecular formula is C17H15BrN2. The van der Waals surface area contributed by atoms with E-state index in [1.807, 2.05) is 25.4 Å². The monoisotopic (exact) mass is 326 g/mol. The summed E-state index contributed by atoms with van der Waals surface area (Å²) in [6.45, 7) is 0. The zero-order valence-corrected chi connectivity index (χ0v) is 12.8. The van der Waals surface area contributed by atoms with Crippen molar-refractivity contribution in [3.8, 4) is 0 Å². The first-order chi connectivity index (χ1) is 9.79. The number of pyridine rings is 1. The average molecular weight is 327 g/mol. The van der Waals surface area contributed by atoms with Gasteiger partial charge in [-0.05, 0) is 42.4 Å². The van der Waals surface area contributed by atoms with E-state index in [-0.39, 0.29) is 6.04 Å².